The Hall–Kier alpha value is -8.49. The molecule has 0 spiro atoms. The monoisotopic (exact) mass is 901 g/mol. The van der Waals surface area contributed by atoms with Crippen LogP contribution in [0.1, 0.15) is 0 Å². The third-order valence-electron chi connectivity index (χ3n) is 13.8. The van der Waals surface area contributed by atoms with Gasteiger partial charge in [-0.1, -0.05) is 140 Å². The summed E-state index contributed by atoms with van der Waals surface area (Å²) in [7, 11) is 0. The predicted molar refractivity (Wildman–Crippen MR) is 288 cm³/mol. The average Bonchev–Trinajstić information content (AvgIpc) is 4.16. The van der Waals surface area contributed by atoms with E-state index in [-0.39, 0.29) is 0 Å². The minimum atomic E-state index is 0.635. The van der Waals surface area contributed by atoms with Crippen molar-refractivity contribution in [2.75, 3.05) is 0 Å². The minimum Gasteiger partial charge on any atom is -0.309 e. The second-order valence-corrected chi connectivity index (χ2v) is 19.6. The SMILES string of the molecule is c1ccc(-n2c3ccccc3c3c(-c4nc(-c5ccc(-n6c7ccccc7c7cc8ccccc8cc76)c6c5sc5ccccc56)nc(-c5cccc6sc7ccccc7c56)n4)cccc32)cc1. The Morgan fingerprint density at radius 2 is 0.853 bits per heavy atom. The summed E-state index contributed by atoms with van der Waals surface area (Å²) in [6.45, 7) is 0. The lowest BCUT2D eigenvalue weighted by Crippen LogP contribution is -2.02. The number of nitrogens with zero attached hydrogens (tertiary/aromatic N) is 5. The highest BCUT2D eigenvalue weighted by Crippen LogP contribution is 2.47. The molecule has 0 aliphatic heterocycles. The molecule has 0 aliphatic rings. The Kier molecular flexibility index (Phi) is 8.04. The van der Waals surface area contributed by atoms with Crippen molar-refractivity contribution in [1.82, 2.24) is 24.1 Å². The standard InChI is InChI=1S/C61H35N5S2/c1-2-18-38(19-3-1)65-48-27-11-7-21-40(48)55-43(24-14-28-49(55)65)59-62-60(44-25-15-31-54-56(44)41-22-8-12-29-52(41)67-54)64-61(63-59)45-32-33-50(57-42-23-9-13-30-53(42)68-58(45)57)66-47-26-10-6-20-39(47)46-34-36-16-4-5-17-37(36)35-51(46)66/h1-35H. The van der Waals surface area contributed by atoms with E-state index in [4.69, 9.17) is 15.0 Å². The second-order valence-electron chi connectivity index (χ2n) is 17.5. The highest BCUT2D eigenvalue weighted by molar-refractivity contribution is 7.26. The van der Waals surface area contributed by atoms with Crippen molar-refractivity contribution in [3.05, 3.63) is 212 Å². The van der Waals surface area contributed by atoms with Crippen molar-refractivity contribution in [3.8, 4) is 45.5 Å². The summed E-state index contributed by atoms with van der Waals surface area (Å²) in [4.78, 5) is 16.7. The number of fused-ring (bicyclic) bond motifs is 13. The first kappa shape index (κ1) is 37.7. The van der Waals surface area contributed by atoms with Gasteiger partial charge in [0, 0.05) is 84.3 Å². The molecule has 0 fully saturated rings. The largest absolute Gasteiger partial charge is 0.309 e. The van der Waals surface area contributed by atoms with Gasteiger partial charge >= 0.3 is 0 Å². The molecule has 15 aromatic rings. The molecule has 7 heteroatoms. The van der Waals surface area contributed by atoms with E-state index in [0.29, 0.717) is 17.5 Å². The smallest absolute Gasteiger partial charge is 0.165 e. The molecule has 15 rings (SSSR count). The number of hydrogen-bond acceptors (Lipinski definition) is 5. The van der Waals surface area contributed by atoms with Gasteiger partial charge in [0.15, 0.2) is 17.5 Å². The third-order valence-corrected chi connectivity index (χ3v) is 16.1. The number of hydrogen-bond donors (Lipinski definition) is 0. The van der Waals surface area contributed by atoms with Crippen molar-refractivity contribution < 1.29 is 0 Å². The molecular weight excluding hydrogens is 867 g/mol. The van der Waals surface area contributed by atoms with Crippen molar-refractivity contribution in [2.24, 2.45) is 0 Å². The van der Waals surface area contributed by atoms with E-state index in [9.17, 15) is 0 Å². The van der Waals surface area contributed by atoms with Crippen LogP contribution in [0.2, 0.25) is 0 Å². The van der Waals surface area contributed by atoms with E-state index < -0.39 is 0 Å². The maximum Gasteiger partial charge on any atom is 0.165 e. The van der Waals surface area contributed by atoms with Crippen LogP contribution in [0.25, 0.3) is 140 Å². The van der Waals surface area contributed by atoms with E-state index >= 15 is 0 Å². The molecule has 0 amide bonds. The Balaban J connectivity index is 1.04. The van der Waals surface area contributed by atoms with E-state index in [1.165, 1.54) is 62.8 Å². The lowest BCUT2D eigenvalue weighted by atomic mass is 10.0. The summed E-state index contributed by atoms with van der Waals surface area (Å²) in [6.07, 6.45) is 0. The maximum atomic E-state index is 5.59. The Morgan fingerprint density at radius 3 is 1.62 bits per heavy atom. The van der Waals surface area contributed by atoms with Gasteiger partial charge < -0.3 is 9.13 Å². The molecule has 0 atom stereocenters. The van der Waals surface area contributed by atoms with E-state index in [1.54, 1.807) is 0 Å². The van der Waals surface area contributed by atoms with Crippen molar-refractivity contribution in [2.45, 2.75) is 0 Å². The first-order valence-electron chi connectivity index (χ1n) is 22.9. The summed E-state index contributed by atoms with van der Waals surface area (Å²) >= 11 is 3.61. The first-order chi connectivity index (χ1) is 33.7. The van der Waals surface area contributed by atoms with Gasteiger partial charge in [-0.3, -0.25) is 0 Å². The van der Waals surface area contributed by atoms with Gasteiger partial charge in [0.2, 0.25) is 0 Å². The van der Waals surface area contributed by atoms with Crippen LogP contribution in [0.4, 0.5) is 0 Å². The molecule has 0 bridgehead atoms. The number of benzene rings is 10. The zero-order valence-electron chi connectivity index (χ0n) is 36.3. The van der Waals surface area contributed by atoms with Crippen molar-refractivity contribution >= 4 is 117 Å². The molecule has 5 nitrogen and oxygen atoms in total. The molecule has 316 valence electrons. The van der Waals surface area contributed by atoms with E-state index in [0.717, 1.165) is 60.0 Å². The van der Waals surface area contributed by atoms with Crippen LogP contribution in [0.5, 0.6) is 0 Å². The highest BCUT2D eigenvalue weighted by Gasteiger charge is 2.25. The van der Waals surface area contributed by atoms with Gasteiger partial charge in [0.1, 0.15) is 0 Å². The normalized spacial score (nSPS) is 12.1. The van der Waals surface area contributed by atoms with Gasteiger partial charge in [-0.2, -0.15) is 0 Å². The lowest BCUT2D eigenvalue weighted by Gasteiger charge is -2.14. The number of rotatable bonds is 5. The first-order valence-corrected chi connectivity index (χ1v) is 24.5. The van der Waals surface area contributed by atoms with Crippen LogP contribution in [-0.4, -0.2) is 24.1 Å². The molecule has 5 aromatic heterocycles. The van der Waals surface area contributed by atoms with Gasteiger partial charge in [-0.15, -0.1) is 22.7 Å². The molecule has 5 heterocycles. The summed E-state index contributed by atoms with van der Waals surface area (Å²) in [6, 6.07) is 76.5. The fourth-order valence-electron chi connectivity index (χ4n) is 10.8. The highest BCUT2D eigenvalue weighted by atomic mass is 32.1. The topological polar surface area (TPSA) is 48.5 Å². The maximum absolute atomic E-state index is 5.59. The number of para-hydroxylation sites is 3. The number of thiophene rings is 2. The molecule has 0 N–H and O–H groups in total. The molecule has 0 saturated heterocycles. The van der Waals surface area contributed by atoms with Gasteiger partial charge in [0.05, 0.1) is 27.8 Å². The summed E-state index contributed by atoms with van der Waals surface area (Å²) in [5.74, 6) is 1.92. The Bertz CT molecular complexity index is 4570. The van der Waals surface area contributed by atoms with Crippen LogP contribution >= 0.6 is 22.7 Å². The van der Waals surface area contributed by atoms with Crippen LogP contribution < -0.4 is 0 Å². The van der Waals surface area contributed by atoms with Crippen molar-refractivity contribution in [3.63, 3.8) is 0 Å². The summed E-state index contributed by atoms with van der Waals surface area (Å²) in [5, 5.41) is 11.9. The molecule has 0 aliphatic carbocycles. The van der Waals surface area contributed by atoms with Crippen LogP contribution in [0.3, 0.4) is 0 Å². The predicted octanol–water partition coefficient (Wildman–Crippen LogP) is 17.0. The molecule has 10 aromatic carbocycles. The second kappa shape index (κ2) is 14.5. The Morgan fingerprint density at radius 1 is 0.309 bits per heavy atom. The fourth-order valence-corrected chi connectivity index (χ4v) is 13.2. The quantitative estimate of drug-likeness (QED) is 0.173. The van der Waals surface area contributed by atoms with Crippen LogP contribution in [0.15, 0.2) is 212 Å². The van der Waals surface area contributed by atoms with E-state index in [2.05, 4.69) is 221 Å². The zero-order valence-corrected chi connectivity index (χ0v) is 37.9. The van der Waals surface area contributed by atoms with Crippen LogP contribution in [-0.2, 0) is 0 Å². The molecule has 0 saturated carbocycles. The third kappa shape index (κ3) is 5.45. The molecule has 0 radical (unpaired) electrons. The summed E-state index contributed by atoms with van der Waals surface area (Å²) in [5.41, 5.74) is 9.74. The van der Waals surface area contributed by atoms with Crippen LogP contribution in [0, 0.1) is 0 Å². The fraction of sp³-hybridized carbons (Fsp3) is 0. The Labute approximate surface area is 397 Å². The number of aromatic nitrogens is 5. The molecular formula is C61H35N5S2. The zero-order chi connectivity index (χ0) is 44.5. The molecule has 0 unspecified atom stereocenters. The van der Waals surface area contributed by atoms with Gasteiger partial charge in [-0.25, -0.2) is 15.0 Å². The molecule has 68 heavy (non-hydrogen) atoms. The van der Waals surface area contributed by atoms with Gasteiger partial charge in [0.25, 0.3) is 0 Å². The van der Waals surface area contributed by atoms with E-state index in [1.807, 2.05) is 22.7 Å². The average molecular weight is 902 g/mol. The minimum absolute atomic E-state index is 0.635. The summed E-state index contributed by atoms with van der Waals surface area (Å²) < 4.78 is 9.62. The lowest BCUT2D eigenvalue weighted by molar-refractivity contribution is 1.08. The van der Waals surface area contributed by atoms with Crippen molar-refractivity contribution in [1.29, 1.82) is 0 Å². The van der Waals surface area contributed by atoms with Gasteiger partial charge in [-0.05, 0) is 83.6 Å².